The van der Waals surface area contributed by atoms with Crippen molar-refractivity contribution in [1.82, 2.24) is 41.6 Å². The third-order valence-electron chi connectivity index (χ3n) is 22.0. The van der Waals surface area contributed by atoms with Gasteiger partial charge < -0.3 is 40.4 Å². The molecule has 25 heteroatoms. The van der Waals surface area contributed by atoms with Crippen LogP contribution in [0.25, 0.3) is 44.0 Å². The fourth-order valence-electron chi connectivity index (χ4n) is 15.7. The van der Waals surface area contributed by atoms with Gasteiger partial charge in [0.15, 0.2) is 11.6 Å². The molecule has 5 aliphatic rings. The van der Waals surface area contributed by atoms with Crippen LogP contribution in [0.2, 0.25) is 0 Å². The molecule has 2 saturated heterocycles. The zero-order valence-electron chi connectivity index (χ0n) is 61.6. The number of amides is 7. The second-order valence-electron chi connectivity index (χ2n) is 29.2. The molecule has 3 aromatic heterocycles. The quantitative estimate of drug-likeness (QED) is 0.0212. The second kappa shape index (κ2) is 32.8. The number of nitrogens with zero attached hydrogens (tertiary/aromatic N) is 5. The fourth-order valence-corrected chi connectivity index (χ4v) is 15.7. The molecule has 11 aromatic rings. The van der Waals surface area contributed by atoms with Crippen molar-refractivity contribution < 1.29 is 67.8 Å². The highest BCUT2D eigenvalue weighted by Crippen LogP contribution is 2.58. The summed E-state index contributed by atoms with van der Waals surface area (Å²) in [5.41, 5.74) is 18.4. The Morgan fingerprint density at radius 2 is 1.13 bits per heavy atom. The summed E-state index contributed by atoms with van der Waals surface area (Å²) in [4.78, 5) is 105. The molecule has 0 radical (unpaired) electrons. The van der Waals surface area contributed by atoms with Crippen molar-refractivity contribution in [2.45, 2.75) is 90.1 Å². The number of piperazine rings is 1. The van der Waals surface area contributed by atoms with Crippen molar-refractivity contribution in [3.8, 4) is 28.5 Å². The molecule has 2 aliphatic heterocycles. The van der Waals surface area contributed by atoms with E-state index >= 15 is 0 Å². The van der Waals surface area contributed by atoms with Crippen LogP contribution < -0.4 is 51.9 Å². The van der Waals surface area contributed by atoms with Gasteiger partial charge in [-0.05, 0) is 160 Å². The number of aryl methyl sites for hydroxylation is 1. The molecule has 3 saturated carbocycles. The minimum absolute atomic E-state index is 0.0312. The van der Waals surface area contributed by atoms with Gasteiger partial charge in [-0.15, -0.1) is 0 Å². The molecule has 7 amide bonds. The van der Waals surface area contributed by atoms with E-state index in [-0.39, 0.29) is 55.9 Å². The van der Waals surface area contributed by atoms with E-state index in [0.29, 0.717) is 73.5 Å². The molecule has 5 fully saturated rings. The number of pyridine rings is 3. The van der Waals surface area contributed by atoms with Gasteiger partial charge in [0.2, 0.25) is 41.4 Å². The number of carbonyl (C=O) groups is 7. The summed E-state index contributed by atoms with van der Waals surface area (Å²) in [6.45, 7) is 6.68. The number of anilines is 2. The molecule has 1 unspecified atom stereocenters. The first-order valence-corrected chi connectivity index (χ1v) is 37.2. The summed E-state index contributed by atoms with van der Waals surface area (Å²) >= 11 is 0. The number of nitrogens with two attached hydrogens (primary N) is 1. The summed E-state index contributed by atoms with van der Waals surface area (Å²) in [6, 6.07) is 68.6. The van der Waals surface area contributed by atoms with Crippen molar-refractivity contribution in [2.75, 3.05) is 36.4 Å². The normalized spacial score (nSPS) is 20.5. The van der Waals surface area contributed by atoms with Crippen LogP contribution in [0, 0.1) is 41.3 Å². The Hall–Kier alpha value is -12.7. The number of rotatable bonds is 23. The van der Waals surface area contributed by atoms with Crippen molar-refractivity contribution in [3.05, 3.63) is 263 Å². The Labute approximate surface area is 644 Å². The molecule has 7 atom stereocenters. The number of halogens is 1. The van der Waals surface area contributed by atoms with E-state index in [1.807, 2.05) is 183 Å². The molecular formula is C87H84FN11O13. The largest absolute Gasteiger partial charge is 0.489 e. The van der Waals surface area contributed by atoms with E-state index in [2.05, 4.69) is 33.5 Å². The summed E-state index contributed by atoms with van der Waals surface area (Å²) in [5.74, 6) is -3.63. The SMILES string of the molecule is CC1CCCN1c1cc(COc2ccc(C[C@]3(C(N)=O)C[C@@H]3C(=O)NO)cc2F)c2ccccc2n1.Cc1cc(COc2cccc([C@@]3(C(=O)Nc4ccccc4)C[C@H]3C(=O)NO)c2)c2ccccc2n1.O=C1CN(C(=O)[C@@]2(Cc3ccc(OCc4cc(-c5ccccc5)nc5ccccc45)cc3)C[C@@H]2C(=O)NO)CCN1. The van der Waals surface area contributed by atoms with Gasteiger partial charge in [-0.2, -0.15) is 0 Å². The number of benzene rings is 8. The highest BCUT2D eigenvalue weighted by Gasteiger charge is 2.66. The molecule has 24 nitrogen and oxygen atoms in total. The van der Waals surface area contributed by atoms with Gasteiger partial charge in [-0.3, -0.25) is 54.2 Å². The number of nitrogens with one attached hydrogen (secondary N) is 5. The third-order valence-corrected chi connectivity index (χ3v) is 22.0. The van der Waals surface area contributed by atoms with Crippen molar-refractivity contribution in [2.24, 2.45) is 34.3 Å². The van der Waals surface area contributed by atoms with Crippen LogP contribution in [0.4, 0.5) is 15.9 Å². The minimum atomic E-state index is -1.12. The van der Waals surface area contributed by atoms with Crippen molar-refractivity contribution in [1.29, 1.82) is 0 Å². The highest BCUT2D eigenvalue weighted by molar-refractivity contribution is 6.07. The Bertz CT molecular complexity index is 5390. The number of hydrogen-bond donors (Lipinski definition) is 9. The van der Waals surface area contributed by atoms with E-state index in [9.17, 15) is 48.4 Å². The standard InChI is InChI=1S/C32H30N4O5.C28H25N3O4.C27H29FN4O4/c37-29-19-36(15-14-33-29)31(39)32(18-26(32)30(38)35-40)17-21-10-12-24(13-11-21)41-20-23-16-28(22-6-2-1-3-7-22)34-27-9-5-4-8-25(23)27;1-18-14-19(23-12-5-6-13-25(23)29-18)17-35-22-11-7-8-20(15-22)28(16-24(28)26(32)31-34)27(33)30-21-9-3-2-4-10-21;1-16-5-4-10-32(16)24-12-18(19-6-2-3-7-22(19)30-24)15-36-23-9-8-17(11-21(23)28)13-27(26(29)34)14-20(27)25(33)31-35/h1-13,16,26,40H,14-15,17-20H2,(H,33,37)(H,35,38);2-15,24,34H,16-17H2,1H3,(H,30,33)(H,31,32);2-3,6-9,11-12,16,20,35H,4-5,10,13-15H2,1H3,(H2,29,34)(H,31,33)/t26-,32+;24-,28-;16?,20-,27+/m101/s1. The van der Waals surface area contributed by atoms with Crippen LogP contribution in [-0.4, -0.2) is 109 Å². The first-order chi connectivity index (χ1) is 54.3. The Morgan fingerprint density at radius 1 is 0.571 bits per heavy atom. The van der Waals surface area contributed by atoms with Gasteiger partial charge in [0.25, 0.3) is 0 Å². The number of carbonyl (C=O) groups excluding carboxylic acids is 7. The second-order valence-corrected chi connectivity index (χ2v) is 29.2. The van der Waals surface area contributed by atoms with Crippen LogP contribution in [0.3, 0.4) is 0 Å². The Kier molecular flexibility index (Phi) is 22.3. The highest BCUT2D eigenvalue weighted by atomic mass is 19.1. The molecule has 0 bridgehead atoms. The number of primary amides is 1. The fraction of sp³-hybridized carbons (Fsp3) is 0.264. The van der Waals surface area contributed by atoms with Gasteiger partial charge in [0.05, 0.1) is 62.8 Å². The van der Waals surface area contributed by atoms with E-state index in [4.69, 9.17) is 35.1 Å². The molecular weight excluding hydrogens is 1430 g/mol. The lowest BCUT2D eigenvalue weighted by Gasteiger charge is -2.31. The number of para-hydroxylation sites is 4. The predicted molar refractivity (Wildman–Crippen MR) is 416 cm³/mol. The summed E-state index contributed by atoms with van der Waals surface area (Å²) in [6.07, 6.45) is 3.48. The van der Waals surface area contributed by atoms with Crippen LogP contribution in [0.1, 0.15) is 78.1 Å². The van der Waals surface area contributed by atoms with Crippen molar-refractivity contribution >= 4 is 85.6 Å². The van der Waals surface area contributed by atoms with Gasteiger partial charge in [0.1, 0.15) is 37.1 Å². The average molecular weight is 1510 g/mol. The van der Waals surface area contributed by atoms with E-state index in [1.165, 1.54) is 17.0 Å². The topological polar surface area (TPSA) is 339 Å². The molecule has 3 aliphatic carbocycles. The molecule has 5 heterocycles. The third kappa shape index (κ3) is 16.3. The number of ether oxygens (including phenoxy) is 3. The lowest BCUT2D eigenvalue weighted by Crippen LogP contribution is -2.53. The lowest BCUT2D eigenvalue weighted by atomic mass is 9.91. The molecule has 0 spiro atoms. The molecule has 10 N–H and O–H groups in total. The monoisotopic (exact) mass is 1510 g/mol. The van der Waals surface area contributed by atoms with E-state index in [1.54, 1.807) is 40.7 Å². The zero-order chi connectivity index (χ0) is 78.3. The van der Waals surface area contributed by atoms with Crippen LogP contribution >= 0.6 is 0 Å². The maximum Gasteiger partial charge on any atom is 0.247 e. The number of fused-ring (bicyclic) bond motifs is 3. The predicted octanol–water partition coefficient (Wildman–Crippen LogP) is 11.5. The summed E-state index contributed by atoms with van der Waals surface area (Å²) < 4.78 is 33.2. The molecule has 8 aromatic carbocycles. The summed E-state index contributed by atoms with van der Waals surface area (Å²) in [7, 11) is 0. The average Bonchev–Trinajstić information content (AvgIpc) is 1.55. The van der Waals surface area contributed by atoms with Gasteiger partial charge >= 0.3 is 0 Å². The lowest BCUT2D eigenvalue weighted by molar-refractivity contribution is -0.145. The first-order valence-electron chi connectivity index (χ1n) is 37.2. The zero-order valence-corrected chi connectivity index (χ0v) is 61.6. The Balaban J connectivity index is 0.000000140. The maximum atomic E-state index is 15.0. The number of aromatic nitrogens is 3. The molecule has 572 valence electrons. The Morgan fingerprint density at radius 3 is 1.77 bits per heavy atom. The van der Waals surface area contributed by atoms with Crippen LogP contribution in [-0.2, 0) is 71.6 Å². The van der Waals surface area contributed by atoms with E-state index < -0.39 is 63.4 Å². The molecule has 112 heavy (non-hydrogen) atoms. The smallest absolute Gasteiger partial charge is 0.247 e. The molecule has 16 rings (SSSR count). The van der Waals surface area contributed by atoms with Gasteiger partial charge in [-0.25, -0.2) is 30.8 Å². The minimum Gasteiger partial charge on any atom is -0.489 e. The van der Waals surface area contributed by atoms with Crippen LogP contribution in [0.5, 0.6) is 17.2 Å². The number of hydrogen-bond acceptors (Lipinski definition) is 17. The van der Waals surface area contributed by atoms with E-state index in [0.717, 1.165) is 97.1 Å². The summed E-state index contributed by atoms with van der Waals surface area (Å²) in [5, 5.41) is 35.9. The van der Waals surface area contributed by atoms with Gasteiger partial charge in [-0.1, -0.05) is 133 Å². The first kappa shape index (κ1) is 76.1. The number of hydroxylamine groups is 3. The van der Waals surface area contributed by atoms with Crippen LogP contribution in [0.15, 0.2) is 218 Å². The van der Waals surface area contributed by atoms with Crippen molar-refractivity contribution in [3.63, 3.8) is 0 Å². The van der Waals surface area contributed by atoms with Gasteiger partial charge in [0, 0.05) is 75.5 Å². The maximum absolute atomic E-state index is 15.0.